The third-order valence-corrected chi connectivity index (χ3v) is 4.97. The minimum Gasteiger partial charge on any atom is -0.465 e. The van der Waals surface area contributed by atoms with Gasteiger partial charge in [0.15, 0.2) is 11.4 Å². The van der Waals surface area contributed by atoms with Gasteiger partial charge in [0.25, 0.3) is 0 Å². The van der Waals surface area contributed by atoms with E-state index in [0.717, 1.165) is 11.1 Å². The predicted molar refractivity (Wildman–Crippen MR) is 98.5 cm³/mol. The first-order valence-corrected chi connectivity index (χ1v) is 8.60. The number of benzene rings is 2. The lowest BCUT2D eigenvalue weighted by molar-refractivity contribution is -0.00742. The van der Waals surface area contributed by atoms with Crippen LogP contribution >= 0.6 is 23.2 Å². The van der Waals surface area contributed by atoms with Crippen molar-refractivity contribution in [1.29, 1.82) is 0 Å². The van der Waals surface area contributed by atoms with E-state index in [9.17, 15) is 9.18 Å². The molecule has 7 heteroatoms. The van der Waals surface area contributed by atoms with Gasteiger partial charge in [-0.2, -0.15) is 0 Å². The molecular weight excluding hydrogens is 380 g/mol. The minimum atomic E-state index is -0.814. The molecular formula is C19H16Cl2FNO3. The van der Waals surface area contributed by atoms with Gasteiger partial charge in [-0.1, -0.05) is 34.4 Å². The van der Waals surface area contributed by atoms with Crippen LogP contribution in [0.5, 0.6) is 0 Å². The van der Waals surface area contributed by atoms with Crippen LogP contribution in [0.25, 0.3) is 0 Å². The molecule has 0 saturated heterocycles. The molecule has 2 aromatic carbocycles. The molecule has 1 aliphatic rings. The van der Waals surface area contributed by atoms with Crippen LogP contribution in [-0.4, -0.2) is 18.8 Å². The number of nitrogens with zero attached hydrogens (tertiary/aromatic N) is 1. The lowest BCUT2D eigenvalue weighted by Gasteiger charge is -2.22. The molecule has 136 valence electrons. The largest absolute Gasteiger partial charge is 0.465 e. The monoisotopic (exact) mass is 395 g/mol. The number of oxime groups is 1. The van der Waals surface area contributed by atoms with Crippen LogP contribution in [0.2, 0.25) is 10.0 Å². The Morgan fingerprint density at radius 2 is 1.92 bits per heavy atom. The quantitative estimate of drug-likeness (QED) is 0.525. The van der Waals surface area contributed by atoms with Gasteiger partial charge in [-0.15, -0.1) is 0 Å². The molecule has 0 amide bonds. The molecule has 4 nitrogen and oxygen atoms in total. The van der Waals surface area contributed by atoms with Crippen molar-refractivity contribution in [2.24, 2.45) is 5.16 Å². The van der Waals surface area contributed by atoms with Crippen LogP contribution in [0.15, 0.2) is 35.5 Å². The zero-order valence-corrected chi connectivity index (χ0v) is 15.9. The second-order valence-corrected chi connectivity index (χ2v) is 7.13. The maximum absolute atomic E-state index is 13.7. The molecule has 3 rings (SSSR count). The second kappa shape index (κ2) is 6.89. The van der Waals surface area contributed by atoms with Crippen LogP contribution in [0.1, 0.15) is 40.4 Å². The van der Waals surface area contributed by atoms with Crippen molar-refractivity contribution in [3.63, 3.8) is 0 Å². The topological polar surface area (TPSA) is 47.9 Å². The van der Waals surface area contributed by atoms with Gasteiger partial charge in [-0.3, -0.25) is 0 Å². The summed E-state index contributed by atoms with van der Waals surface area (Å²) in [6.07, 6.45) is 0.447. The van der Waals surface area contributed by atoms with E-state index in [0.29, 0.717) is 23.3 Å². The highest BCUT2D eigenvalue weighted by Gasteiger charge is 2.37. The summed E-state index contributed by atoms with van der Waals surface area (Å²) in [5, 5.41) is 4.04. The molecule has 0 aliphatic carbocycles. The smallest absolute Gasteiger partial charge is 0.338 e. The highest BCUT2D eigenvalue weighted by Crippen LogP contribution is 2.39. The fraction of sp³-hybridized carbons (Fsp3) is 0.263. The molecule has 0 fully saturated rings. The zero-order valence-electron chi connectivity index (χ0n) is 14.4. The fourth-order valence-corrected chi connectivity index (χ4v) is 3.38. The van der Waals surface area contributed by atoms with Gasteiger partial charge in [0.2, 0.25) is 0 Å². The average Bonchev–Trinajstić information content (AvgIpc) is 3.02. The molecule has 1 heterocycles. The highest BCUT2D eigenvalue weighted by molar-refractivity contribution is 6.35. The Bertz CT molecular complexity index is 906. The van der Waals surface area contributed by atoms with Gasteiger partial charge in [0.05, 0.1) is 28.4 Å². The number of carbonyl (C=O) groups excluding carboxylic acids is 1. The predicted octanol–water partition coefficient (Wildman–Crippen LogP) is 5.27. The molecule has 1 aliphatic heterocycles. The van der Waals surface area contributed by atoms with Crippen molar-refractivity contribution in [2.75, 3.05) is 7.11 Å². The summed E-state index contributed by atoms with van der Waals surface area (Å²) in [6, 6.07) is 8.32. The second-order valence-electron chi connectivity index (χ2n) is 6.31. The molecule has 2 aromatic rings. The lowest BCUT2D eigenvalue weighted by Crippen LogP contribution is -2.22. The fourth-order valence-electron chi connectivity index (χ4n) is 2.89. The summed E-state index contributed by atoms with van der Waals surface area (Å²) >= 11 is 11.8. The van der Waals surface area contributed by atoms with E-state index in [2.05, 4.69) is 5.16 Å². The van der Waals surface area contributed by atoms with Crippen molar-refractivity contribution >= 4 is 34.9 Å². The van der Waals surface area contributed by atoms with Crippen molar-refractivity contribution in [3.05, 3.63) is 68.4 Å². The Kier molecular flexibility index (Phi) is 4.95. The molecule has 0 bridgehead atoms. The van der Waals surface area contributed by atoms with E-state index >= 15 is 0 Å². The average molecular weight is 396 g/mol. The number of halogens is 3. The lowest BCUT2D eigenvalue weighted by atomic mass is 9.88. The Balaban J connectivity index is 1.88. The van der Waals surface area contributed by atoms with Crippen LogP contribution in [0.4, 0.5) is 4.39 Å². The third-order valence-electron chi connectivity index (χ3n) is 4.42. The van der Waals surface area contributed by atoms with E-state index in [4.69, 9.17) is 32.8 Å². The van der Waals surface area contributed by atoms with E-state index in [1.165, 1.54) is 19.2 Å². The van der Waals surface area contributed by atoms with E-state index in [-0.39, 0.29) is 16.0 Å². The number of rotatable bonds is 3. The van der Waals surface area contributed by atoms with Crippen molar-refractivity contribution in [2.45, 2.75) is 25.9 Å². The van der Waals surface area contributed by atoms with Gasteiger partial charge in [-0.25, -0.2) is 9.18 Å². The number of hydrogen-bond acceptors (Lipinski definition) is 4. The van der Waals surface area contributed by atoms with Gasteiger partial charge in [0, 0.05) is 12.0 Å². The van der Waals surface area contributed by atoms with Gasteiger partial charge in [0.1, 0.15) is 0 Å². The van der Waals surface area contributed by atoms with Gasteiger partial charge < -0.3 is 9.57 Å². The zero-order chi connectivity index (χ0) is 19.1. The van der Waals surface area contributed by atoms with Crippen LogP contribution in [-0.2, 0) is 15.2 Å². The number of esters is 1. The summed E-state index contributed by atoms with van der Waals surface area (Å²) in [7, 11) is 1.34. The number of hydrogen-bond donors (Lipinski definition) is 0. The first-order valence-electron chi connectivity index (χ1n) is 7.84. The standard InChI is InChI=1S/C19H16Cl2FNO3/c1-10-6-11(4-5-13(10)18(24)25-3)16-9-19(2,26-23-16)12-7-14(20)17(22)15(21)8-12/h4-8H,9H2,1-3H3. The van der Waals surface area contributed by atoms with Crippen LogP contribution in [0.3, 0.4) is 0 Å². The van der Waals surface area contributed by atoms with E-state index < -0.39 is 11.4 Å². The number of carbonyl (C=O) groups is 1. The SMILES string of the molecule is COC(=O)c1ccc(C2=NOC(C)(c3cc(Cl)c(F)c(Cl)c3)C2)cc1C. The molecule has 0 N–H and O–H groups in total. The molecule has 0 aromatic heterocycles. The first kappa shape index (κ1) is 18.7. The Morgan fingerprint density at radius 1 is 1.27 bits per heavy atom. The van der Waals surface area contributed by atoms with Crippen molar-refractivity contribution < 1.29 is 18.8 Å². The molecule has 0 saturated carbocycles. The normalized spacial score (nSPS) is 19.1. The summed E-state index contributed by atoms with van der Waals surface area (Å²) in [5.74, 6) is -1.05. The van der Waals surface area contributed by atoms with E-state index in [1.807, 2.05) is 19.9 Å². The van der Waals surface area contributed by atoms with Crippen molar-refractivity contribution in [3.8, 4) is 0 Å². The molecule has 1 unspecified atom stereocenters. The van der Waals surface area contributed by atoms with Gasteiger partial charge >= 0.3 is 5.97 Å². The minimum absolute atomic E-state index is 0.0657. The Morgan fingerprint density at radius 3 is 2.50 bits per heavy atom. The number of methoxy groups -OCH3 is 1. The molecule has 0 radical (unpaired) electrons. The first-order chi connectivity index (χ1) is 12.2. The van der Waals surface area contributed by atoms with Crippen LogP contribution in [0, 0.1) is 12.7 Å². The molecule has 26 heavy (non-hydrogen) atoms. The summed E-state index contributed by atoms with van der Waals surface area (Å²) < 4.78 is 18.4. The molecule has 1 atom stereocenters. The van der Waals surface area contributed by atoms with E-state index in [1.54, 1.807) is 12.1 Å². The summed E-state index contributed by atoms with van der Waals surface area (Å²) in [5.41, 5.74) is 2.64. The van der Waals surface area contributed by atoms with Crippen molar-refractivity contribution in [1.82, 2.24) is 0 Å². The Labute approximate surface area is 160 Å². The third kappa shape index (κ3) is 3.29. The highest BCUT2D eigenvalue weighted by atomic mass is 35.5. The van der Waals surface area contributed by atoms with Crippen LogP contribution < -0.4 is 0 Å². The summed E-state index contributed by atoms with van der Waals surface area (Å²) in [6.45, 7) is 3.66. The maximum atomic E-state index is 13.7. The van der Waals surface area contributed by atoms with Gasteiger partial charge in [-0.05, 0) is 49.2 Å². The maximum Gasteiger partial charge on any atom is 0.338 e. The Hall–Kier alpha value is -2.11. The summed E-state index contributed by atoms with van der Waals surface area (Å²) in [4.78, 5) is 17.4. The number of ether oxygens (including phenoxy) is 1. The molecule has 0 spiro atoms. The number of aryl methyl sites for hydroxylation is 1.